The van der Waals surface area contributed by atoms with E-state index < -0.39 is 0 Å². The maximum Gasteiger partial charge on any atom is 0.0108 e. The third kappa shape index (κ3) is 3.71. The Morgan fingerprint density at radius 2 is 1.89 bits per heavy atom. The minimum Gasteiger partial charge on any atom is -0.314 e. The summed E-state index contributed by atoms with van der Waals surface area (Å²) < 4.78 is 0. The van der Waals surface area contributed by atoms with Gasteiger partial charge in [0.15, 0.2) is 0 Å². The predicted molar refractivity (Wildman–Crippen MR) is 78.8 cm³/mol. The lowest BCUT2D eigenvalue weighted by molar-refractivity contribution is 0.130. The summed E-state index contributed by atoms with van der Waals surface area (Å²) in [6, 6.07) is 1.68. The lowest BCUT2D eigenvalue weighted by atomic mass is 9.73. The highest BCUT2D eigenvalue weighted by Crippen LogP contribution is 2.36. The summed E-state index contributed by atoms with van der Waals surface area (Å²) in [5.41, 5.74) is 0. The fraction of sp³-hybridized carbons (Fsp3) is 1.00. The smallest absolute Gasteiger partial charge is 0.0108 e. The SMILES string of the molecule is CCNC1CCC(C(C)C)CC1CN(C)C1CC1. The van der Waals surface area contributed by atoms with Gasteiger partial charge in [0, 0.05) is 18.6 Å². The van der Waals surface area contributed by atoms with E-state index in [9.17, 15) is 0 Å². The molecule has 0 saturated heterocycles. The molecule has 1 N–H and O–H groups in total. The van der Waals surface area contributed by atoms with Crippen molar-refractivity contribution < 1.29 is 0 Å². The van der Waals surface area contributed by atoms with Crippen LogP contribution in [0.4, 0.5) is 0 Å². The van der Waals surface area contributed by atoms with Crippen LogP contribution < -0.4 is 5.32 Å². The summed E-state index contributed by atoms with van der Waals surface area (Å²) in [4.78, 5) is 2.62. The van der Waals surface area contributed by atoms with Crippen molar-refractivity contribution in [1.82, 2.24) is 10.2 Å². The first-order valence-electron chi connectivity index (χ1n) is 8.05. The quantitative estimate of drug-likeness (QED) is 0.781. The number of hydrogen-bond acceptors (Lipinski definition) is 2. The Bertz CT molecular complexity index is 245. The summed E-state index contributed by atoms with van der Waals surface area (Å²) in [7, 11) is 2.33. The molecule has 0 aliphatic heterocycles. The minimum absolute atomic E-state index is 0.770. The maximum absolute atomic E-state index is 3.73. The topological polar surface area (TPSA) is 15.3 Å². The number of hydrogen-bond donors (Lipinski definition) is 1. The van der Waals surface area contributed by atoms with Crippen molar-refractivity contribution in [2.24, 2.45) is 17.8 Å². The maximum atomic E-state index is 3.73. The second-order valence-electron chi connectivity index (χ2n) is 6.91. The molecule has 0 spiro atoms. The van der Waals surface area contributed by atoms with E-state index >= 15 is 0 Å². The van der Waals surface area contributed by atoms with Crippen molar-refractivity contribution in [3.8, 4) is 0 Å². The monoisotopic (exact) mass is 252 g/mol. The van der Waals surface area contributed by atoms with Crippen molar-refractivity contribution in [1.29, 1.82) is 0 Å². The van der Waals surface area contributed by atoms with Crippen LogP contribution in [0.15, 0.2) is 0 Å². The van der Waals surface area contributed by atoms with E-state index in [1.807, 2.05) is 0 Å². The van der Waals surface area contributed by atoms with E-state index in [-0.39, 0.29) is 0 Å². The van der Waals surface area contributed by atoms with Crippen molar-refractivity contribution in [2.75, 3.05) is 20.1 Å². The van der Waals surface area contributed by atoms with Crippen LogP contribution in [0.1, 0.15) is 52.9 Å². The zero-order chi connectivity index (χ0) is 13.1. The summed E-state index contributed by atoms with van der Waals surface area (Å²) in [5, 5.41) is 3.73. The molecule has 106 valence electrons. The molecule has 0 aromatic heterocycles. The number of nitrogens with zero attached hydrogens (tertiary/aromatic N) is 1. The van der Waals surface area contributed by atoms with Crippen molar-refractivity contribution in [3.63, 3.8) is 0 Å². The highest BCUT2D eigenvalue weighted by Gasteiger charge is 2.34. The standard InChI is InChI=1S/C16H32N2/c1-5-17-16-9-6-13(12(2)3)10-14(16)11-18(4)15-7-8-15/h12-17H,5-11H2,1-4H3. The Hall–Kier alpha value is -0.0800. The van der Waals surface area contributed by atoms with Gasteiger partial charge in [-0.2, -0.15) is 0 Å². The molecule has 18 heavy (non-hydrogen) atoms. The van der Waals surface area contributed by atoms with Crippen molar-refractivity contribution >= 4 is 0 Å². The molecule has 3 unspecified atom stereocenters. The Labute approximate surface area is 114 Å². The average Bonchev–Trinajstić information content (AvgIpc) is 3.15. The van der Waals surface area contributed by atoms with Crippen LogP contribution in [0.2, 0.25) is 0 Å². The van der Waals surface area contributed by atoms with Gasteiger partial charge < -0.3 is 10.2 Å². The zero-order valence-corrected chi connectivity index (χ0v) is 12.8. The van der Waals surface area contributed by atoms with Crippen LogP contribution in [-0.2, 0) is 0 Å². The molecule has 0 heterocycles. The fourth-order valence-electron chi connectivity index (χ4n) is 3.67. The van der Waals surface area contributed by atoms with Gasteiger partial charge in [-0.15, -0.1) is 0 Å². The minimum atomic E-state index is 0.770. The predicted octanol–water partition coefficient (Wildman–Crippen LogP) is 3.13. The molecule has 0 aromatic carbocycles. The van der Waals surface area contributed by atoms with Gasteiger partial charge >= 0.3 is 0 Å². The molecule has 2 aliphatic rings. The first-order chi connectivity index (χ1) is 8.61. The first-order valence-corrected chi connectivity index (χ1v) is 8.05. The van der Waals surface area contributed by atoms with E-state index in [0.29, 0.717) is 0 Å². The van der Waals surface area contributed by atoms with Crippen molar-refractivity contribution in [3.05, 3.63) is 0 Å². The van der Waals surface area contributed by atoms with E-state index in [0.717, 1.165) is 36.4 Å². The second-order valence-corrected chi connectivity index (χ2v) is 6.91. The number of nitrogens with one attached hydrogen (secondary N) is 1. The summed E-state index contributed by atoms with van der Waals surface area (Å²) >= 11 is 0. The third-order valence-corrected chi connectivity index (χ3v) is 5.12. The average molecular weight is 252 g/mol. The highest BCUT2D eigenvalue weighted by atomic mass is 15.2. The molecule has 2 fully saturated rings. The van der Waals surface area contributed by atoms with E-state index in [1.54, 1.807) is 0 Å². The van der Waals surface area contributed by atoms with Gasteiger partial charge in [-0.25, -0.2) is 0 Å². The van der Waals surface area contributed by atoms with Gasteiger partial charge in [-0.05, 0) is 63.5 Å². The molecule has 0 aromatic rings. The molecule has 2 aliphatic carbocycles. The Morgan fingerprint density at radius 1 is 1.17 bits per heavy atom. The van der Waals surface area contributed by atoms with Crippen molar-refractivity contribution in [2.45, 2.75) is 65.0 Å². The van der Waals surface area contributed by atoms with Gasteiger partial charge in [-0.3, -0.25) is 0 Å². The molecule has 2 heteroatoms. The van der Waals surface area contributed by atoms with Crippen LogP contribution in [0.3, 0.4) is 0 Å². The molecular weight excluding hydrogens is 220 g/mol. The lowest BCUT2D eigenvalue weighted by Gasteiger charge is -2.40. The lowest BCUT2D eigenvalue weighted by Crippen LogP contribution is -2.46. The Balaban J connectivity index is 1.90. The van der Waals surface area contributed by atoms with E-state index in [1.165, 1.54) is 38.6 Å². The third-order valence-electron chi connectivity index (χ3n) is 5.12. The van der Waals surface area contributed by atoms with Crippen LogP contribution in [0.25, 0.3) is 0 Å². The normalized spacial score (nSPS) is 33.3. The van der Waals surface area contributed by atoms with Crippen LogP contribution in [-0.4, -0.2) is 37.1 Å². The second kappa shape index (κ2) is 6.38. The summed E-state index contributed by atoms with van der Waals surface area (Å²) in [5.74, 6) is 2.69. The summed E-state index contributed by atoms with van der Waals surface area (Å²) in [6.07, 6.45) is 7.12. The van der Waals surface area contributed by atoms with Crippen LogP contribution >= 0.6 is 0 Å². The van der Waals surface area contributed by atoms with E-state index in [2.05, 4.69) is 38.0 Å². The largest absolute Gasteiger partial charge is 0.314 e. The Kier molecular flexibility index (Phi) is 5.08. The molecular formula is C16H32N2. The highest BCUT2D eigenvalue weighted by molar-refractivity contribution is 4.90. The first kappa shape index (κ1) is 14.3. The van der Waals surface area contributed by atoms with Crippen LogP contribution in [0.5, 0.6) is 0 Å². The Morgan fingerprint density at radius 3 is 2.44 bits per heavy atom. The van der Waals surface area contributed by atoms with Gasteiger partial charge in [0.25, 0.3) is 0 Å². The zero-order valence-electron chi connectivity index (χ0n) is 12.8. The molecule has 2 nitrogen and oxygen atoms in total. The van der Waals surface area contributed by atoms with Crippen LogP contribution in [0, 0.1) is 17.8 Å². The molecule has 2 rings (SSSR count). The summed E-state index contributed by atoms with van der Waals surface area (Å²) in [6.45, 7) is 9.49. The fourth-order valence-corrected chi connectivity index (χ4v) is 3.67. The van der Waals surface area contributed by atoms with Gasteiger partial charge in [0.2, 0.25) is 0 Å². The molecule has 2 saturated carbocycles. The van der Waals surface area contributed by atoms with Gasteiger partial charge in [-0.1, -0.05) is 20.8 Å². The van der Waals surface area contributed by atoms with E-state index in [4.69, 9.17) is 0 Å². The molecule has 0 amide bonds. The molecule has 0 bridgehead atoms. The molecule has 3 atom stereocenters. The molecule has 0 radical (unpaired) electrons. The number of rotatable bonds is 6. The van der Waals surface area contributed by atoms with Gasteiger partial charge in [0.05, 0.1) is 0 Å². The van der Waals surface area contributed by atoms with Gasteiger partial charge in [0.1, 0.15) is 0 Å².